The third-order valence-electron chi connectivity index (χ3n) is 4.37. The van der Waals surface area contributed by atoms with E-state index in [9.17, 15) is 4.79 Å². The second-order valence-electron chi connectivity index (χ2n) is 6.90. The molecule has 0 saturated heterocycles. The first kappa shape index (κ1) is 19.4. The molecule has 0 unspecified atom stereocenters. The molecule has 30 heavy (non-hydrogen) atoms. The predicted octanol–water partition coefficient (Wildman–Crippen LogP) is 4.47. The van der Waals surface area contributed by atoms with Gasteiger partial charge in [0.05, 0.1) is 6.20 Å². The van der Waals surface area contributed by atoms with Gasteiger partial charge in [-0.1, -0.05) is 12.1 Å². The van der Waals surface area contributed by atoms with Gasteiger partial charge in [0.1, 0.15) is 17.0 Å². The normalized spacial score (nSPS) is 10.9. The number of aromatic nitrogens is 3. The van der Waals surface area contributed by atoms with Gasteiger partial charge < -0.3 is 19.0 Å². The Labute approximate surface area is 172 Å². The van der Waals surface area contributed by atoms with Gasteiger partial charge in [-0.3, -0.25) is 0 Å². The fourth-order valence-corrected chi connectivity index (χ4v) is 3.11. The van der Waals surface area contributed by atoms with Gasteiger partial charge in [-0.15, -0.1) is 0 Å². The van der Waals surface area contributed by atoms with Gasteiger partial charge in [0.15, 0.2) is 6.61 Å². The standard InChI is InChI=1S/C22H19N3O5/c1-12-5-4-6-16(7-12)29-22-23-10-17-21(25-22)30-20(24-17)15-8-13(2)19(14(3)9-15)28-11-18(26)27/h4-10H,11H2,1-3H3,(H,26,27). The molecule has 2 aromatic carbocycles. The summed E-state index contributed by atoms with van der Waals surface area (Å²) in [6, 6.07) is 11.4. The number of carboxylic acids is 1. The largest absolute Gasteiger partial charge is 0.481 e. The molecule has 8 nitrogen and oxygen atoms in total. The number of aryl methyl sites for hydroxylation is 3. The Morgan fingerprint density at radius 1 is 1.10 bits per heavy atom. The highest BCUT2D eigenvalue weighted by molar-refractivity contribution is 5.73. The minimum atomic E-state index is -1.03. The fraction of sp³-hybridized carbons (Fsp3) is 0.182. The van der Waals surface area contributed by atoms with Crippen molar-refractivity contribution in [2.75, 3.05) is 6.61 Å². The van der Waals surface area contributed by atoms with E-state index in [1.165, 1.54) is 0 Å². The third-order valence-corrected chi connectivity index (χ3v) is 4.37. The Bertz CT molecular complexity index is 1230. The van der Waals surface area contributed by atoms with Gasteiger partial charge >= 0.3 is 12.0 Å². The molecule has 2 aromatic heterocycles. The predicted molar refractivity (Wildman–Crippen MR) is 109 cm³/mol. The van der Waals surface area contributed by atoms with Crippen molar-refractivity contribution < 1.29 is 23.8 Å². The van der Waals surface area contributed by atoms with E-state index in [4.69, 9.17) is 19.0 Å². The van der Waals surface area contributed by atoms with Crippen molar-refractivity contribution in [3.05, 3.63) is 59.3 Å². The molecule has 0 aliphatic heterocycles. The lowest BCUT2D eigenvalue weighted by molar-refractivity contribution is -0.139. The van der Waals surface area contributed by atoms with Crippen LogP contribution < -0.4 is 9.47 Å². The molecule has 1 N–H and O–H groups in total. The van der Waals surface area contributed by atoms with E-state index in [2.05, 4.69) is 15.0 Å². The Balaban J connectivity index is 1.63. The third kappa shape index (κ3) is 4.07. The molecule has 0 fully saturated rings. The Kier molecular flexibility index (Phi) is 5.05. The van der Waals surface area contributed by atoms with Crippen molar-refractivity contribution >= 4 is 17.2 Å². The topological polar surface area (TPSA) is 108 Å². The van der Waals surface area contributed by atoms with Crippen LogP contribution in [-0.2, 0) is 4.79 Å². The van der Waals surface area contributed by atoms with Crippen LogP contribution in [0.15, 0.2) is 47.0 Å². The zero-order chi connectivity index (χ0) is 21.3. The summed E-state index contributed by atoms with van der Waals surface area (Å²) in [6.45, 7) is 5.25. The SMILES string of the molecule is Cc1cccc(Oc2ncc3nc(-c4cc(C)c(OCC(=O)O)c(C)c4)oc3n2)c1. The van der Waals surface area contributed by atoms with Crippen LogP contribution in [-0.4, -0.2) is 32.6 Å². The number of carbonyl (C=O) groups is 1. The minimum absolute atomic E-state index is 0.167. The lowest BCUT2D eigenvalue weighted by Gasteiger charge is -2.11. The molecule has 152 valence electrons. The Morgan fingerprint density at radius 2 is 1.87 bits per heavy atom. The highest BCUT2D eigenvalue weighted by Crippen LogP contribution is 2.31. The maximum Gasteiger partial charge on any atom is 0.341 e. The van der Waals surface area contributed by atoms with Crippen LogP contribution in [0.25, 0.3) is 22.7 Å². The average molecular weight is 405 g/mol. The number of nitrogens with zero attached hydrogens (tertiary/aromatic N) is 3. The van der Waals surface area contributed by atoms with Crippen molar-refractivity contribution in [1.29, 1.82) is 0 Å². The van der Waals surface area contributed by atoms with Gasteiger partial charge in [-0.25, -0.2) is 14.8 Å². The maximum atomic E-state index is 10.8. The van der Waals surface area contributed by atoms with Crippen molar-refractivity contribution in [2.24, 2.45) is 0 Å². The van der Waals surface area contributed by atoms with Gasteiger partial charge in [0, 0.05) is 5.56 Å². The molecule has 0 radical (unpaired) electrons. The van der Waals surface area contributed by atoms with Crippen molar-refractivity contribution in [2.45, 2.75) is 20.8 Å². The molecule has 0 aliphatic rings. The van der Waals surface area contributed by atoms with Crippen molar-refractivity contribution in [3.63, 3.8) is 0 Å². The highest BCUT2D eigenvalue weighted by Gasteiger charge is 2.15. The number of benzene rings is 2. The zero-order valence-electron chi connectivity index (χ0n) is 16.7. The highest BCUT2D eigenvalue weighted by atomic mass is 16.5. The van der Waals surface area contributed by atoms with E-state index in [0.29, 0.717) is 28.6 Å². The first-order chi connectivity index (χ1) is 14.4. The monoisotopic (exact) mass is 405 g/mol. The lowest BCUT2D eigenvalue weighted by Crippen LogP contribution is -2.10. The molecule has 4 aromatic rings. The first-order valence-corrected chi connectivity index (χ1v) is 9.23. The van der Waals surface area contributed by atoms with E-state index in [1.54, 1.807) is 6.20 Å². The Hall–Kier alpha value is -3.94. The summed E-state index contributed by atoms with van der Waals surface area (Å²) in [5.41, 5.74) is 4.17. The van der Waals surface area contributed by atoms with Crippen LogP contribution in [0.1, 0.15) is 16.7 Å². The minimum Gasteiger partial charge on any atom is -0.481 e. The van der Waals surface area contributed by atoms with Gasteiger partial charge in [0.2, 0.25) is 5.89 Å². The van der Waals surface area contributed by atoms with Crippen LogP contribution in [0.3, 0.4) is 0 Å². The second-order valence-corrected chi connectivity index (χ2v) is 6.90. The molecule has 0 aliphatic carbocycles. The summed E-state index contributed by atoms with van der Waals surface area (Å²) in [4.78, 5) is 23.7. The maximum absolute atomic E-state index is 10.8. The molecule has 8 heteroatoms. The van der Waals surface area contributed by atoms with E-state index in [0.717, 1.165) is 22.3 Å². The number of carboxylic acid groups (broad SMARTS) is 1. The summed E-state index contributed by atoms with van der Waals surface area (Å²) in [5, 5.41) is 8.83. The Morgan fingerprint density at radius 3 is 2.57 bits per heavy atom. The summed E-state index contributed by atoms with van der Waals surface area (Å²) >= 11 is 0. The summed E-state index contributed by atoms with van der Waals surface area (Å²) in [5.74, 6) is 0.519. The smallest absolute Gasteiger partial charge is 0.341 e. The van der Waals surface area contributed by atoms with Gasteiger partial charge in [0.25, 0.3) is 5.71 Å². The quantitative estimate of drug-likeness (QED) is 0.501. The number of rotatable bonds is 6. The van der Waals surface area contributed by atoms with E-state index in [-0.39, 0.29) is 6.01 Å². The van der Waals surface area contributed by atoms with Gasteiger partial charge in [-0.05, 0) is 61.7 Å². The summed E-state index contributed by atoms with van der Waals surface area (Å²) in [7, 11) is 0. The van der Waals surface area contributed by atoms with Crippen LogP contribution in [0.4, 0.5) is 0 Å². The molecule has 0 spiro atoms. The number of oxazole rings is 1. The number of hydrogen-bond acceptors (Lipinski definition) is 7. The molecule has 0 bridgehead atoms. The van der Waals surface area contributed by atoms with Crippen LogP contribution in [0.5, 0.6) is 17.5 Å². The van der Waals surface area contributed by atoms with Crippen LogP contribution in [0, 0.1) is 20.8 Å². The molecule has 0 atom stereocenters. The van der Waals surface area contributed by atoms with Crippen molar-refractivity contribution in [3.8, 4) is 29.0 Å². The zero-order valence-corrected chi connectivity index (χ0v) is 16.7. The second kappa shape index (κ2) is 7.82. The molecule has 0 amide bonds. The van der Waals surface area contributed by atoms with E-state index in [1.807, 2.05) is 57.2 Å². The first-order valence-electron chi connectivity index (χ1n) is 9.23. The molecular formula is C22H19N3O5. The molecule has 2 heterocycles. The van der Waals surface area contributed by atoms with Crippen LogP contribution in [0.2, 0.25) is 0 Å². The van der Waals surface area contributed by atoms with E-state index >= 15 is 0 Å². The number of hydrogen-bond donors (Lipinski definition) is 1. The molecular weight excluding hydrogens is 386 g/mol. The molecule has 0 saturated carbocycles. The lowest BCUT2D eigenvalue weighted by atomic mass is 10.1. The number of fused-ring (bicyclic) bond motifs is 1. The van der Waals surface area contributed by atoms with Crippen molar-refractivity contribution in [1.82, 2.24) is 15.0 Å². The van der Waals surface area contributed by atoms with E-state index < -0.39 is 12.6 Å². The summed E-state index contributed by atoms with van der Waals surface area (Å²) < 4.78 is 16.9. The van der Waals surface area contributed by atoms with Crippen LogP contribution >= 0.6 is 0 Å². The average Bonchev–Trinajstić information content (AvgIpc) is 3.10. The fourth-order valence-electron chi connectivity index (χ4n) is 3.11. The molecule has 4 rings (SSSR count). The van der Waals surface area contributed by atoms with Gasteiger partial charge in [-0.2, -0.15) is 4.98 Å². The number of aliphatic carboxylic acids is 1. The summed E-state index contributed by atoms with van der Waals surface area (Å²) in [6.07, 6.45) is 1.55. The number of ether oxygens (including phenoxy) is 2.